The van der Waals surface area contributed by atoms with Crippen LogP contribution in [0, 0.1) is 11.8 Å². The van der Waals surface area contributed by atoms with Crippen molar-refractivity contribution in [2.24, 2.45) is 11.8 Å². The molecule has 0 radical (unpaired) electrons. The highest BCUT2D eigenvalue weighted by Crippen LogP contribution is 2.25. The number of hydrogen-bond acceptors (Lipinski definition) is 7. The number of benzene rings is 2. The maximum absolute atomic E-state index is 13.6. The molecule has 0 unspecified atom stereocenters. The van der Waals surface area contributed by atoms with E-state index >= 15 is 0 Å². The zero-order valence-electron chi connectivity index (χ0n) is 22.8. The van der Waals surface area contributed by atoms with Crippen molar-refractivity contribution in [3.63, 3.8) is 0 Å². The minimum Gasteiger partial charge on any atom is -0.497 e. The highest BCUT2D eigenvalue weighted by molar-refractivity contribution is 7.20. The number of para-hydroxylation sites is 1. The van der Waals surface area contributed by atoms with E-state index in [0.717, 1.165) is 10.3 Å². The fourth-order valence-corrected chi connectivity index (χ4v) is 5.55. The van der Waals surface area contributed by atoms with Crippen LogP contribution >= 0.6 is 11.3 Å². The Morgan fingerprint density at radius 1 is 1.10 bits per heavy atom. The maximum atomic E-state index is 13.6. The standard InChI is InChI=1S/C30H34N4O5S/c1-18(2)16-24(32-26(35)13-10-19-8-11-21(39-3)12-9-19)29(38)33-23(17-20-14-15-31-28(20)37)27(36)30-34-22-6-4-5-7-25(22)40-30/h4-13,18,20,23-24H,14-17H2,1-3H3,(H,31,37)(H,32,35)(H,33,38)/b13-10+/t20-,23-,24-/m0/s1. The molecule has 1 aromatic heterocycles. The minimum atomic E-state index is -0.955. The average Bonchev–Trinajstić information content (AvgIpc) is 3.56. The lowest BCUT2D eigenvalue weighted by atomic mass is 9.95. The van der Waals surface area contributed by atoms with Gasteiger partial charge in [0.1, 0.15) is 11.8 Å². The van der Waals surface area contributed by atoms with E-state index in [1.807, 2.05) is 50.2 Å². The number of thiazole rings is 1. The lowest BCUT2D eigenvalue weighted by molar-refractivity contribution is -0.128. The number of nitrogens with zero attached hydrogens (tertiary/aromatic N) is 1. The van der Waals surface area contributed by atoms with Gasteiger partial charge in [0.05, 0.1) is 23.4 Å². The van der Waals surface area contributed by atoms with Gasteiger partial charge in [0.25, 0.3) is 0 Å². The van der Waals surface area contributed by atoms with Crippen LogP contribution in [0.25, 0.3) is 16.3 Å². The molecule has 0 bridgehead atoms. The number of fused-ring (bicyclic) bond motifs is 1. The van der Waals surface area contributed by atoms with Gasteiger partial charge in [0.15, 0.2) is 5.01 Å². The Labute approximate surface area is 237 Å². The number of rotatable bonds is 12. The molecule has 4 rings (SSSR count). The van der Waals surface area contributed by atoms with Crippen LogP contribution in [0.15, 0.2) is 54.6 Å². The minimum absolute atomic E-state index is 0.0978. The molecule has 0 spiro atoms. The molecule has 0 aliphatic carbocycles. The Bertz CT molecular complexity index is 1370. The third-order valence-electron chi connectivity index (χ3n) is 6.70. The first-order valence-electron chi connectivity index (χ1n) is 13.3. The first-order valence-corrected chi connectivity index (χ1v) is 14.2. The van der Waals surface area contributed by atoms with Crippen molar-refractivity contribution < 1.29 is 23.9 Å². The number of methoxy groups -OCH3 is 1. The SMILES string of the molecule is COc1ccc(/C=C/C(=O)N[C@@H](CC(C)C)C(=O)N[C@@H](C[C@@H]2CCNC2=O)C(=O)c2nc3ccccc3s2)cc1. The topological polar surface area (TPSA) is 126 Å². The second-order valence-electron chi connectivity index (χ2n) is 10.2. The van der Waals surface area contributed by atoms with Crippen molar-refractivity contribution in [2.45, 2.75) is 45.2 Å². The predicted molar refractivity (Wildman–Crippen MR) is 155 cm³/mol. The van der Waals surface area contributed by atoms with Crippen LogP contribution in [0.4, 0.5) is 0 Å². The number of nitrogens with one attached hydrogen (secondary N) is 3. The molecule has 3 aromatic rings. The molecule has 2 heterocycles. The van der Waals surface area contributed by atoms with Crippen molar-refractivity contribution in [3.05, 3.63) is 65.2 Å². The van der Waals surface area contributed by atoms with Gasteiger partial charge in [-0.2, -0.15) is 0 Å². The number of hydrogen-bond donors (Lipinski definition) is 3. The van der Waals surface area contributed by atoms with E-state index < -0.39 is 29.8 Å². The molecule has 3 amide bonds. The molecule has 1 saturated heterocycles. The number of ketones is 1. The van der Waals surface area contributed by atoms with Gasteiger partial charge < -0.3 is 20.7 Å². The summed E-state index contributed by atoms with van der Waals surface area (Å²) in [5.74, 6) is -0.968. The van der Waals surface area contributed by atoms with Gasteiger partial charge in [-0.25, -0.2) is 4.98 Å². The Hall–Kier alpha value is -4.05. The largest absolute Gasteiger partial charge is 0.497 e. The van der Waals surface area contributed by atoms with E-state index in [-0.39, 0.29) is 29.0 Å². The fourth-order valence-electron chi connectivity index (χ4n) is 4.59. The molecule has 1 aliphatic rings. The van der Waals surface area contributed by atoms with Crippen molar-refractivity contribution in [2.75, 3.05) is 13.7 Å². The molecule has 2 aromatic carbocycles. The molecule has 0 saturated carbocycles. The Morgan fingerprint density at radius 2 is 1.85 bits per heavy atom. The second-order valence-corrected chi connectivity index (χ2v) is 11.3. The fraction of sp³-hybridized carbons (Fsp3) is 0.367. The number of Topliss-reactive ketones (excluding diaryl/α,β-unsaturated/α-hetero) is 1. The summed E-state index contributed by atoms with van der Waals surface area (Å²) in [5.41, 5.74) is 1.50. The zero-order chi connectivity index (χ0) is 28.6. The molecule has 9 nitrogen and oxygen atoms in total. The van der Waals surface area contributed by atoms with Gasteiger partial charge in [-0.15, -0.1) is 11.3 Å². The summed E-state index contributed by atoms with van der Waals surface area (Å²) in [6.07, 6.45) is 4.14. The summed E-state index contributed by atoms with van der Waals surface area (Å²) in [4.78, 5) is 56.7. The summed E-state index contributed by atoms with van der Waals surface area (Å²) in [5, 5.41) is 8.70. The van der Waals surface area contributed by atoms with E-state index in [9.17, 15) is 19.2 Å². The number of aromatic nitrogens is 1. The first-order chi connectivity index (χ1) is 19.2. The van der Waals surface area contributed by atoms with E-state index in [0.29, 0.717) is 30.7 Å². The van der Waals surface area contributed by atoms with E-state index in [2.05, 4.69) is 20.9 Å². The van der Waals surface area contributed by atoms with Crippen LogP contribution in [-0.4, -0.2) is 54.2 Å². The molecular weight excluding hydrogens is 528 g/mol. The highest BCUT2D eigenvalue weighted by atomic mass is 32.1. The second kappa shape index (κ2) is 13.3. The molecule has 1 fully saturated rings. The van der Waals surface area contributed by atoms with Crippen molar-refractivity contribution in [3.8, 4) is 5.75 Å². The maximum Gasteiger partial charge on any atom is 0.244 e. The van der Waals surface area contributed by atoms with Crippen LogP contribution < -0.4 is 20.7 Å². The van der Waals surface area contributed by atoms with Crippen LogP contribution in [0.1, 0.15) is 48.5 Å². The quantitative estimate of drug-likeness (QED) is 0.228. The van der Waals surface area contributed by atoms with Crippen LogP contribution in [0.3, 0.4) is 0 Å². The Morgan fingerprint density at radius 3 is 2.50 bits per heavy atom. The van der Waals surface area contributed by atoms with Gasteiger partial charge in [-0.05, 0) is 61.1 Å². The normalized spacial score (nSPS) is 16.6. The molecule has 210 valence electrons. The third kappa shape index (κ3) is 7.53. The van der Waals surface area contributed by atoms with Gasteiger partial charge in [0, 0.05) is 18.5 Å². The summed E-state index contributed by atoms with van der Waals surface area (Å²) < 4.78 is 6.02. The van der Waals surface area contributed by atoms with Gasteiger partial charge in [-0.1, -0.05) is 38.1 Å². The molecule has 1 aliphatic heterocycles. The van der Waals surface area contributed by atoms with Crippen molar-refractivity contribution in [1.29, 1.82) is 0 Å². The van der Waals surface area contributed by atoms with Crippen LogP contribution in [0.2, 0.25) is 0 Å². The monoisotopic (exact) mass is 562 g/mol. The van der Waals surface area contributed by atoms with E-state index in [1.54, 1.807) is 25.3 Å². The van der Waals surface area contributed by atoms with Crippen molar-refractivity contribution in [1.82, 2.24) is 20.9 Å². The Balaban J connectivity index is 1.50. The zero-order valence-corrected chi connectivity index (χ0v) is 23.6. The first kappa shape index (κ1) is 28.9. The number of carbonyl (C=O) groups is 4. The van der Waals surface area contributed by atoms with Crippen LogP contribution in [0.5, 0.6) is 5.75 Å². The molecular formula is C30H34N4O5S. The average molecular weight is 563 g/mol. The molecule has 10 heteroatoms. The van der Waals surface area contributed by atoms with Gasteiger partial charge in [-0.3, -0.25) is 19.2 Å². The van der Waals surface area contributed by atoms with Gasteiger partial charge >= 0.3 is 0 Å². The number of carbonyl (C=O) groups excluding carboxylic acids is 4. The van der Waals surface area contributed by atoms with Gasteiger partial charge in [0.2, 0.25) is 23.5 Å². The van der Waals surface area contributed by atoms with Crippen molar-refractivity contribution >= 4 is 51.1 Å². The number of ether oxygens (including phenoxy) is 1. The molecule has 3 atom stereocenters. The molecule has 40 heavy (non-hydrogen) atoms. The molecule has 3 N–H and O–H groups in total. The summed E-state index contributed by atoms with van der Waals surface area (Å²) in [6, 6.07) is 12.8. The predicted octanol–water partition coefficient (Wildman–Crippen LogP) is 3.74. The lowest BCUT2D eigenvalue weighted by Crippen LogP contribution is -2.52. The smallest absolute Gasteiger partial charge is 0.244 e. The van der Waals surface area contributed by atoms with E-state index in [4.69, 9.17) is 4.74 Å². The lowest BCUT2D eigenvalue weighted by Gasteiger charge is -2.24. The van der Waals surface area contributed by atoms with E-state index in [1.165, 1.54) is 17.4 Å². The summed E-state index contributed by atoms with van der Waals surface area (Å²) in [6.45, 7) is 4.44. The number of amides is 3. The third-order valence-corrected chi connectivity index (χ3v) is 7.75. The Kier molecular flexibility index (Phi) is 9.65. The highest BCUT2D eigenvalue weighted by Gasteiger charge is 2.34. The summed E-state index contributed by atoms with van der Waals surface area (Å²) in [7, 11) is 1.58. The van der Waals surface area contributed by atoms with Crippen LogP contribution in [-0.2, 0) is 14.4 Å². The summed E-state index contributed by atoms with van der Waals surface area (Å²) >= 11 is 1.26.